The molecule has 10 heteroatoms. The Hall–Kier alpha value is -3.46. The van der Waals surface area contributed by atoms with Crippen LogP contribution in [0.1, 0.15) is 55.6 Å². The number of hydrogen-bond acceptors (Lipinski definition) is 8. The van der Waals surface area contributed by atoms with Gasteiger partial charge in [-0.15, -0.1) is 0 Å². The van der Waals surface area contributed by atoms with Crippen molar-refractivity contribution in [3.8, 4) is 11.3 Å². The molecule has 9 nitrogen and oxygen atoms in total. The van der Waals surface area contributed by atoms with Crippen LogP contribution < -0.4 is 20.4 Å². The summed E-state index contributed by atoms with van der Waals surface area (Å²) in [5, 5.41) is 0.427. The lowest BCUT2D eigenvalue weighted by Crippen LogP contribution is -2.52. The first-order chi connectivity index (χ1) is 17.8. The van der Waals surface area contributed by atoms with Crippen LogP contribution in [-0.2, 0) is 0 Å². The molecule has 37 heavy (non-hydrogen) atoms. The quantitative estimate of drug-likeness (QED) is 0.517. The Morgan fingerprint density at radius 3 is 2.51 bits per heavy atom. The van der Waals surface area contributed by atoms with Gasteiger partial charge in [0.25, 0.3) is 0 Å². The molecule has 2 aliphatic rings. The fourth-order valence-corrected chi connectivity index (χ4v) is 5.27. The minimum atomic E-state index is -0.540. The van der Waals surface area contributed by atoms with Gasteiger partial charge in [-0.2, -0.15) is 4.98 Å². The van der Waals surface area contributed by atoms with Gasteiger partial charge in [-0.3, -0.25) is 9.78 Å². The van der Waals surface area contributed by atoms with Gasteiger partial charge in [0.2, 0.25) is 11.9 Å². The minimum absolute atomic E-state index is 0.153. The average Bonchev–Trinajstić information content (AvgIpc) is 3.43. The molecule has 0 unspecified atom stereocenters. The number of halogens is 1. The Bertz CT molecular complexity index is 1290. The first kappa shape index (κ1) is 25.2. The number of nitrogens with two attached hydrogens (primary N) is 1. The van der Waals surface area contributed by atoms with Gasteiger partial charge in [-0.25, -0.2) is 9.97 Å². The van der Waals surface area contributed by atoms with Gasteiger partial charge < -0.3 is 20.4 Å². The second-order valence-corrected chi connectivity index (χ2v) is 10.5. The summed E-state index contributed by atoms with van der Waals surface area (Å²) in [5.41, 5.74) is 8.70. The third-order valence-electron chi connectivity index (χ3n) is 7.09. The van der Waals surface area contributed by atoms with Crippen LogP contribution >= 0.6 is 11.6 Å². The van der Waals surface area contributed by atoms with Crippen LogP contribution in [0.5, 0.6) is 0 Å². The van der Waals surface area contributed by atoms with E-state index in [1.165, 1.54) is 6.20 Å². The van der Waals surface area contributed by atoms with Crippen LogP contribution in [0, 0.1) is 0 Å². The van der Waals surface area contributed by atoms with Gasteiger partial charge in [-0.1, -0.05) is 25.4 Å². The molecule has 2 saturated heterocycles. The summed E-state index contributed by atoms with van der Waals surface area (Å²) < 4.78 is 0. The van der Waals surface area contributed by atoms with E-state index in [9.17, 15) is 4.79 Å². The zero-order chi connectivity index (χ0) is 26.1. The van der Waals surface area contributed by atoms with Crippen molar-refractivity contribution in [2.24, 2.45) is 5.73 Å². The van der Waals surface area contributed by atoms with Crippen LogP contribution in [0.4, 0.5) is 17.6 Å². The third kappa shape index (κ3) is 5.32. The molecule has 3 aromatic rings. The lowest BCUT2D eigenvalue weighted by atomic mass is 10.1. The third-order valence-corrected chi connectivity index (χ3v) is 7.36. The molecule has 1 amide bonds. The standard InChI is InChI=1S/C27H33ClN8O/c1-17(2)22-13-19(6-7-30-22)23-14-24(33-27(32-23)34-8-4-5-9-34)36-11-10-35(16-18(36)3)26-21(28)12-20(15-31-26)25(29)37/h6-7,12-15,17-18H,4-5,8-11,16H2,1-3H3,(H2,29,37)/t18-/m1/s1. The molecular formula is C27H33ClN8O. The van der Waals surface area contributed by atoms with Gasteiger partial charge in [0.05, 0.1) is 16.3 Å². The zero-order valence-corrected chi connectivity index (χ0v) is 22.3. The molecule has 0 bridgehead atoms. The molecule has 0 radical (unpaired) electrons. The number of anilines is 3. The molecule has 2 N–H and O–H groups in total. The van der Waals surface area contributed by atoms with Crippen molar-refractivity contribution in [1.29, 1.82) is 0 Å². The first-order valence-electron chi connectivity index (χ1n) is 12.9. The van der Waals surface area contributed by atoms with Gasteiger partial charge in [-0.05, 0) is 43.9 Å². The smallest absolute Gasteiger partial charge is 0.250 e. The Balaban J connectivity index is 1.44. The molecule has 1 atom stereocenters. The molecule has 194 valence electrons. The maximum absolute atomic E-state index is 11.5. The van der Waals surface area contributed by atoms with Crippen LogP contribution in [0.15, 0.2) is 36.7 Å². The molecule has 0 aliphatic carbocycles. The number of carbonyl (C=O) groups excluding carboxylic acids is 1. The summed E-state index contributed by atoms with van der Waals surface area (Å²) in [7, 11) is 0. The van der Waals surface area contributed by atoms with Crippen molar-refractivity contribution in [3.05, 3.63) is 52.9 Å². The number of rotatable bonds is 6. The van der Waals surface area contributed by atoms with Crippen LogP contribution in [0.3, 0.4) is 0 Å². The highest BCUT2D eigenvalue weighted by atomic mass is 35.5. The molecule has 3 aromatic heterocycles. The van der Waals surface area contributed by atoms with E-state index in [-0.39, 0.29) is 6.04 Å². The van der Waals surface area contributed by atoms with Crippen molar-refractivity contribution in [2.45, 2.75) is 45.6 Å². The van der Waals surface area contributed by atoms with E-state index in [2.05, 4.69) is 57.6 Å². The number of nitrogens with zero attached hydrogens (tertiary/aromatic N) is 7. The number of piperazine rings is 1. The highest BCUT2D eigenvalue weighted by Crippen LogP contribution is 2.31. The number of aromatic nitrogens is 4. The first-order valence-corrected chi connectivity index (χ1v) is 13.2. The number of hydrogen-bond donors (Lipinski definition) is 1. The van der Waals surface area contributed by atoms with Gasteiger partial charge in [0, 0.05) is 68.5 Å². The SMILES string of the molecule is CC(C)c1cc(-c2cc(N3CCN(c4ncc(C(N)=O)cc4Cl)C[C@H]3C)nc(N3CCCC3)n2)ccn1. The lowest BCUT2D eigenvalue weighted by Gasteiger charge is -2.41. The lowest BCUT2D eigenvalue weighted by molar-refractivity contribution is 0.1000. The van der Waals surface area contributed by atoms with Crippen LogP contribution in [0.25, 0.3) is 11.3 Å². The number of amides is 1. The molecule has 0 aromatic carbocycles. The number of primary amides is 1. The van der Waals surface area contributed by atoms with Gasteiger partial charge in [0.15, 0.2) is 0 Å². The Kier molecular flexibility index (Phi) is 7.15. The van der Waals surface area contributed by atoms with E-state index < -0.39 is 5.91 Å². The minimum Gasteiger partial charge on any atom is -0.366 e. The maximum atomic E-state index is 11.5. The fraction of sp³-hybridized carbons (Fsp3) is 0.444. The summed E-state index contributed by atoms with van der Waals surface area (Å²) in [6.07, 6.45) is 5.67. The van der Waals surface area contributed by atoms with Crippen LogP contribution in [-0.4, -0.2) is 64.6 Å². The van der Waals surface area contributed by atoms with Crippen molar-refractivity contribution < 1.29 is 4.79 Å². The van der Waals surface area contributed by atoms with E-state index in [4.69, 9.17) is 27.3 Å². The van der Waals surface area contributed by atoms with E-state index in [1.54, 1.807) is 6.07 Å². The highest BCUT2D eigenvalue weighted by Gasteiger charge is 2.28. The van der Waals surface area contributed by atoms with Crippen molar-refractivity contribution in [3.63, 3.8) is 0 Å². The van der Waals surface area contributed by atoms with Crippen LogP contribution in [0.2, 0.25) is 5.02 Å². The predicted octanol–water partition coefficient (Wildman–Crippen LogP) is 4.12. The number of carbonyl (C=O) groups is 1. The van der Waals surface area contributed by atoms with Gasteiger partial charge in [0.1, 0.15) is 11.6 Å². The summed E-state index contributed by atoms with van der Waals surface area (Å²) in [6.45, 7) is 10.6. The molecule has 5 rings (SSSR count). The second-order valence-electron chi connectivity index (χ2n) is 10.1. The van der Waals surface area contributed by atoms with Gasteiger partial charge >= 0.3 is 0 Å². The van der Waals surface area contributed by atoms with Crippen molar-refractivity contribution in [2.75, 3.05) is 47.4 Å². The predicted molar refractivity (Wildman–Crippen MR) is 148 cm³/mol. The number of pyridine rings is 2. The van der Waals surface area contributed by atoms with E-state index in [0.29, 0.717) is 28.9 Å². The normalized spacial score (nSPS) is 18.1. The summed E-state index contributed by atoms with van der Waals surface area (Å²) >= 11 is 6.47. The topological polar surface area (TPSA) is 104 Å². The van der Waals surface area contributed by atoms with Crippen molar-refractivity contribution >= 4 is 35.1 Å². The molecule has 5 heterocycles. The van der Waals surface area contributed by atoms with E-state index >= 15 is 0 Å². The molecule has 0 spiro atoms. The maximum Gasteiger partial charge on any atom is 0.250 e. The summed E-state index contributed by atoms with van der Waals surface area (Å²) in [6, 6.07) is 7.99. The van der Waals surface area contributed by atoms with E-state index in [1.807, 2.05) is 12.3 Å². The zero-order valence-electron chi connectivity index (χ0n) is 21.6. The molecular weight excluding hydrogens is 488 g/mol. The fourth-order valence-electron chi connectivity index (χ4n) is 4.99. The van der Waals surface area contributed by atoms with Crippen molar-refractivity contribution in [1.82, 2.24) is 19.9 Å². The highest BCUT2D eigenvalue weighted by molar-refractivity contribution is 6.33. The summed E-state index contributed by atoms with van der Waals surface area (Å²) in [4.78, 5) is 37.2. The summed E-state index contributed by atoms with van der Waals surface area (Å²) in [5.74, 6) is 2.17. The Labute approximate surface area is 222 Å². The molecule has 0 saturated carbocycles. The average molecular weight is 521 g/mol. The largest absolute Gasteiger partial charge is 0.366 e. The monoisotopic (exact) mass is 520 g/mol. The molecule has 2 aliphatic heterocycles. The van der Waals surface area contributed by atoms with E-state index in [0.717, 1.165) is 67.7 Å². The second kappa shape index (κ2) is 10.5. The Morgan fingerprint density at radius 1 is 1.05 bits per heavy atom. The molecule has 2 fully saturated rings. The Morgan fingerprint density at radius 2 is 1.84 bits per heavy atom.